The number of carboxylic acids is 1. The fraction of sp³-hybridized carbons (Fsp3) is 0.0800. The molecule has 1 heterocycles. The van der Waals surface area contributed by atoms with Crippen LogP contribution >= 0.6 is 0 Å². The van der Waals surface area contributed by atoms with E-state index in [1.54, 1.807) is 55.6 Å². The zero-order valence-electron chi connectivity index (χ0n) is 17.2. The minimum atomic E-state index is -1.35. The maximum Gasteiger partial charge on any atom is 0.261 e. The number of hydrogen-bond acceptors (Lipinski definition) is 6. The van der Waals surface area contributed by atoms with Gasteiger partial charge in [-0.15, -0.1) is 0 Å². The van der Waals surface area contributed by atoms with Gasteiger partial charge in [0.2, 0.25) is 5.88 Å². The van der Waals surface area contributed by atoms with Crippen LogP contribution in [-0.4, -0.2) is 29.0 Å². The molecule has 0 amide bonds. The number of carbonyl (C=O) groups is 1. The molecule has 0 aliphatic rings. The first-order chi connectivity index (χ1) is 15.5. The van der Waals surface area contributed by atoms with Crippen molar-refractivity contribution in [2.24, 2.45) is 4.99 Å². The number of carboxylic acid groups (broad SMARTS) is 1. The molecule has 0 aliphatic carbocycles. The van der Waals surface area contributed by atoms with Crippen molar-refractivity contribution in [1.29, 1.82) is 0 Å². The van der Waals surface area contributed by atoms with Crippen molar-refractivity contribution in [3.63, 3.8) is 0 Å². The molecule has 4 aromatic rings. The van der Waals surface area contributed by atoms with E-state index in [0.29, 0.717) is 22.1 Å². The second-order valence-electron chi connectivity index (χ2n) is 7.09. The Balaban J connectivity index is 1.85. The minimum absolute atomic E-state index is 0.0703. The van der Waals surface area contributed by atoms with E-state index in [1.807, 2.05) is 12.1 Å². The highest BCUT2D eigenvalue weighted by atomic mass is 16.5. The number of aromatic carboxylic acids is 1. The van der Waals surface area contributed by atoms with Gasteiger partial charge in [0, 0.05) is 22.6 Å². The highest BCUT2D eigenvalue weighted by Gasteiger charge is 2.15. The standard InChI is InChI=1S/C25H20N2O5/c1-32-17-12-10-16(11-13-17)15-27-23(28)19-7-3-2-6-18(19)21(24(27)29)14-26-22-9-5-4-8-20(22)25(30)31/h2-14,29H,15H2,1H3,(H,30,31)/p-1. The molecule has 1 N–H and O–H groups in total. The zero-order chi connectivity index (χ0) is 22.7. The van der Waals surface area contributed by atoms with Gasteiger partial charge in [-0.2, -0.15) is 0 Å². The number of carbonyl (C=O) groups excluding carboxylic acids is 1. The number of hydrogen-bond donors (Lipinski definition) is 1. The summed E-state index contributed by atoms with van der Waals surface area (Å²) in [6.07, 6.45) is 1.36. The number of aromatic nitrogens is 1. The molecule has 4 rings (SSSR count). The van der Waals surface area contributed by atoms with Gasteiger partial charge >= 0.3 is 0 Å². The first-order valence-corrected chi connectivity index (χ1v) is 9.81. The molecule has 0 bridgehead atoms. The molecule has 0 saturated carbocycles. The number of benzene rings is 3. The van der Waals surface area contributed by atoms with Crippen molar-refractivity contribution in [2.45, 2.75) is 6.54 Å². The van der Waals surface area contributed by atoms with Crippen LogP contribution < -0.4 is 15.4 Å². The van der Waals surface area contributed by atoms with Gasteiger partial charge in [0.25, 0.3) is 5.56 Å². The molecule has 0 saturated heterocycles. The van der Waals surface area contributed by atoms with Crippen molar-refractivity contribution >= 4 is 28.6 Å². The molecular formula is C25H19N2O5-. The van der Waals surface area contributed by atoms with Crippen LogP contribution in [0, 0.1) is 0 Å². The van der Waals surface area contributed by atoms with Gasteiger partial charge in [-0.3, -0.25) is 14.4 Å². The number of methoxy groups -OCH3 is 1. The summed E-state index contributed by atoms with van der Waals surface area (Å²) in [5.41, 5.74) is 0.870. The van der Waals surface area contributed by atoms with Crippen molar-refractivity contribution in [1.82, 2.24) is 4.57 Å². The van der Waals surface area contributed by atoms with Gasteiger partial charge in [-0.1, -0.05) is 48.5 Å². The Hall–Kier alpha value is -4.39. The van der Waals surface area contributed by atoms with Gasteiger partial charge in [0.05, 0.1) is 30.9 Å². The molecule has 0 aliphatic heterocycles. The fourth-order valence-electron chi connectivity index (χ4n) is 3.49. The third kappa shape index (κ3) is 3.96. The lowest BCUT2D eigenvalue weighted by Gasteiger charge is -2.14. The Morgan fingerprint density at radius 2 is 1.69 bits per heavy atom. The Labute approximate surface area is 183 Å². The summed E-state index contributed by atoms with van der Waals surface area (Å²) in [5, 5.41) is 23.3. The summed E-state index contributed by atoms with van der Waals surface area (Å²) in [4.78, 5) is 28.7. The van der Waals surface area contributed by atoms with Gasteiger partial charge < -0.3 is 19.7 Å². The van der Waals surface area contributed by atoms with Gasteiger partial charge in [0.15, 0.2) is 0 Å². The summed E-state index contributed by atoms with van der Waals surface area (Å²) in [6, 6.07) is 20.2. The summed E-state index contributed by atoms with van der Waals surface area (Å²) in [6.45, 7) is 0.135. The zero-order valence-corrected chi connectivity index (χ0v) is 17.2. The number of pyridine rings is 1. The molecule has 0 atom stereocenters. The number of aliphatic imine (C=N–C) groups is 1. The molecule has 7 heteroatoms. The average molecular weight is 427 g/mol. The second kappa shape index (κ2) is 8.77. The van der Waals surface area contributed by atoms with E-state index in [4.69, 9.17) is 4.74 Å². The van der Waals surface area contributed by atoms with E-state index >= 15 is 0 Å². The third-order valence-electron chi connectivity index (χ3n) is 5.15. The number of ether oxygens (including phenoxy) is 1. The van der Waals surface area contributed by atoms with Crippen LogP contribution in [0.1, 0.15) is 21.5 Å². The first kappa shape index (κ1) is 20.9. The number of rotatable bonds is 6. The number of aromatic hydroxyl groups is 1. The van der Waals surface area contributed by atoms with Gasteiger partial charge in [0.1, 0.15) is 5.75 Å². The normalized spacial score (nSPS) is 11.2. The summed E-state index contributed by atoms with van der Waals surface area (Å²) in [7, 11) is 1.57. The summed E-state index contributed by atoms with van der Waals surface area (Å²) < 4.78 is 6.42. The lowest BCUT2D eigenvalue weighted by molar-refractivity contribution is -0.254. The Kier molecular flexibility index (Phi) is 5.72. The maximum atomic E-state index is 13.1. The molecule has 0 radical (unpaired) electrons. The van der Waals surface area contributed by atoms with E-state index in [2.05, 4.69) is 4.99 Å². The molecule has 160 valence electrons. The van der Waals surface area contributed by atoms with Crippen LogP contribution in [-0.2, 0) is 6.54 Å². The van der Waals surface area contributed by atoms with Crippen molar-refractivity contribution in [3.05, 3.63) is 99.8 Å². The first-order valence-electron chi connectivity index (χ1n) is 9.81. The third-order valence-corrected chi connectivity index (χ3v) is 5.15. The Bertz CT molecular complexity index is 1390. The number of fused-ring (bicyclic) bond motifs is 1. The summed E-state index contributed by atoms with van der Waals surface area (Å²) >= 11 is 0. The number of nitrogens with zero attached hydrogens (tertiary/aromatic N) is 2. The Morgan fingerprint density at radius 1 is 1.03 bits per heavy atom. The highest BCUT2D eigenvalue weighted by Crippen LogP contribution is 2.26. The smallest absolute Gasteiger partial charge is 0.261 e. The van der Waals surface area contributed by atoms with Crippen LogP contribution in [0.5, 0.6) is 11.6 Å². The van der Waals surface area contributed by atoms with E-state index in [9.17, 15) is 19.8 Å². The second-order valence-corrected chi connectivity index (χ2v) is 7.09. The SMILES string of the molecule is COc1ccc(Cn2c(O)c(C=Nc3ccccc3C(=O)[O-])c3ccccc3c2=O)cc1. The lowest BCUT2D eigenvalue weighted by atomic mass is 10.1. The van der Waals surface area contributed by atoms with Crippen LogP contribution in [0.2, 0.25) is 0 Å². The van der Waals surface area contributed by atoms with Crippen molar-refractivity contribution < 1.29 is 19.7 Å². The van der Waals surface area contributed by atoms with Crippen molar-refractivity contribution in [3.8, 4) is 11.6 Å². The van der Waals surface area contributed by atoms with Crippen molar-refractivity contribution in [2.75, 3.05) is 7.11 Å². The largest absolute Gasteiger partial charge is 0.545 e. The molecule has 0 unspecified atom stereocenters. The van der Waals surface area contributed by atoms with E-state index in [-0.39, 0.29) is 29.2 Å². The fourth-order valence-corrected chi connectivity index (χ4v) is 3.49. The van der Waals surface area contributed by atoms with Gasteiger partial charge in [-0.05, 0) is 29.8 Å². The molecule has 7 nitrogen and oxygen atoms in total. The predicted molar refractivity (Wildman–Crippen MR) is 120 cm³/mol. The van der Waals surface area contributed by atoms with E-state index < -0.39 is 5.97 Å². The van der Waals surface area contributed by atoms with Crippen LogP contribution in [0.25, 0.3) is 10.8 Å². The summed E-state index contributed by atoms with van der Waals surface area (Å²) in [5.74, 6) is -0.932. The number of para-hydroxylation sites is 1. The highest BCUT2D eigenvalue weighted by molar-refractivity contribution is 6.03. The molecule has 1 aromatic heterocycles. The van der Waals surface area contributed by atoms with Crippen LogP contribution in [0.4, 0.5) is 5.69 Å². The Morgan fingerprint density at radius 3 is 2.38 bits per heavy atom. The molecule has 3 aromatic carbocycles. The predicted octanol–water partition coefficient (Wildman–Crippen LogP) is 2.88. The molecule has 0 spiro atoms. The quantitative estimate of drug-likeness (QED) is 0.477. The molecule has 32 heavy (non-hydrogen) atoms. The molecular weight excluding hydrogens is 408 g/mol. The van der Waals surface area contributed by atoms with E-state index in [0.717, 1.165) is 5.56 Å². The lowest BCUT2D eigenvalue weighted by Crippen LogP contribution is -2.22. The molecule has 0 fully saturated rings. The minimum Gasteiger partial charge on any atom is -0.545 e. The van der Waals surface area contributed by atoms with Gasteiger partial charge in [-0.25, -0.2) is 0 Å². The average Bonchev–Trinajstić information content (AvgIpc) is 2.82. The van der Waals surface area contributed by atoms with Crippen LogP contribution in [0.15, 0.2) is 82.6 Å². The van der Waals surface area contributed by atoms with E-state index in [1.165, 1.54) is 22.9 Å². The maximum absolute atomic E-state index is 13.1. The van der Waals surface area contributed by atoms with Crippen LogP contribution in [0.3, 0.4) is 0 Å². The topological polar surface area (TPSA) is 104 Å². The monoisotopic (exact) mass is 427 g/mol.